The normalized spacial score (nSPS) is 17.8. The fourth-order valence-electron chi connectivity index (χ4n) is 3.03. The number of hydrogen-bond donors (Lipinski definition) is 1. The molecule has 6 nitrogen and oxygen atoms in total. The summed E-state index contributed by atoms with van der Waals surface area (Å²) in [7, 11) is 0. The Morgan fingerprint density at radius 3 is 2.92 bits per heavy atom. The van der Waals surface area contributed by atoms with Crippen molar-refractivity contribution in [1.29, 1.82) is 0 Å². The summed E-state index contributed by atoms with van der Waals surface area (Å²) >= 11 is 1.59. The zero-order chi connectivity index (χ0) is 17.1. The van der Waals surface area contributed by atoms with Crippen LogP contribution < -0.4 is 5.32 Å². The van der Waals surface area contributed by atoms with Crippen molar-refractivity contribution in [1.82, 2.24) is 19.9 Å². The van der Waals surface area contributed by atoms with Crippen molar-refractivity contribution in [2.75, 3.05) is 11.9 Å². The molecule has 1 N–H and O–H groups in total. The van der Waals surface area contributed by atoms with Crippen LogP contribution in [0.4, 0.5) is 10.9 Å². The van der Waals surface area contributed by atoms with Crippen LogP contribution in [0.25, 0.3) is 0 Å². The van der Waals surface area contributed by atoms with Gasteiger partial charge in [0.05, 0.1) is 6.04 Å². The predicted molar refractivity (Wildman–Crippen MR) is 95.5 cm³/mol. The maximum atomic E-state index is 12.3. The van der Waals surface area contributed by atoms with Gasteiger partial charge in [-0.05, 0) is 33.1 Å². The summed E-state index contributed by atoms with van der Waals surface area (Å²) < 4.78 is 0. The van der Waals surface area contributed by atoms with Crippen LogP contribution in [0.5, 0.6) is 0 Å². The van der Waals surface area contributed by atoms with Crippen LogP contribution in [0.2, 0.25) is 0 Å². The van der Waals surface area contributed by atoms with E-state index in [0.29, 0.717) is 6.42 Å². The lowest BCUT2D eigenvalue weighted by molar-refractivity contribution is -0.134. The van der Waals surface area contributed by atoms with Crippen LogP contribution in [0, 0.1) is 13.8 Å². The average Bonchev–Trinajstić information content (AvgIpc) is 2.98. The van der Waals surface area contributed by atoms with Crippen LogP contribution in [-0.2, 0) is 4.79 Å². The number of hydrogen-bond acceptors (Lipinski definition) is 6. The predicted octanol–water partition coefficient (Wildman–Crippen LogP) is 3.76. The molecule has 0 radical (unpaired) electrons. The van der Waals surface area contributed by atoms with Gasteiger partial charge in [-0.2, -0.15) is 0 Å². The second-order valence-electron chi connectivity index (χ2n) is 6.11. The molecule has 7 heteroatoms. The number of anilines is 2. The minimum Gasteiger partial charge on any atom is -0.332 e. The van der Waals surface area contributed by atoms with Gasteiger partial charge in [0.1, 0.15) is 5.82 Å². The highest BCUT2D eigenvalue weighted by Crippen LogP contribution is 2.31. The van der Waals surface area contributed by atoms with Crippen molar-refractivity contribution in [3.63, 3.8) is 0 Å². The number of carbonyl (C=O) groups is 1. The number of rotatable bonds is 4. The second-order valence-corrected chi connectivity index (χ2v) is 7.34. The van der Waals surface area contributed by atoms with Crippen LogP contribution in [0.3, 0.4) is 0 Å². The van der Waals surface area contributed by atoms with Gasteiger partial charge in [-0.15, -0.1) is 11.3 Å². The highest BCUT2D eigenvalue weighted by atomic mass is 32.1. The van der Waals surface area contributed by atoms with E-state index in [1.54, 1.807) is 11.3 Å². The summed E-state index contributed by atoms with van der Waals surface area (Å²) in [6, 6.07) is 1.89. The van der Waals surface area contributed by atoms with Crippen molar-refractivity contribution in [2.24, 2.45) is 0 Å². The molecule has 0 spiro atoms. The molecule has 1 aliphatic heterocycles. The van der Waals surface area contributed by atoms with E-state index in [-0.39, 0.29) is 11.9 Å². The molecule has 0 unspecified atom stereocenters. The zero-order valence-corrected chi connectivity index (χ0v) is 15.2. The lowest BCUT2D eigenvalue weighted by Crippen LogP contribution is -2.39. The van der Waals surface area contributed by atoms with Gasteiger partial charge in [0.15, 0.2) is 11.0 Å². The molecule has 1 atom stereocenters. The molecule has 1 aliphatic rings. The molecule has 1 fully saturated rings. The van der Waals surface area contributed by atoms with Crippen LogP contribution in [-0.4, -0.2) is 32.3 Å². The van der Waals surface area contributed by atoms with Gasteiger partial charge in [0, 0.05) is 35.8 Å². The summed E-state index contributed by atoms with van der Waals surface area (Å²) in [5, 5.41) is 4.08. The molecule has 0 aliphatic carbocycles. The van der Waals surface area contributed by atoms with Gasteiger partial charge in [-0.1, -0.05) is 6.92 Å². The lowest BCUT2D eigenvalue weighted by atomic mass is 10.0. The molecule has 0 bridgehead atoms. The van der Waals surface area contributed by atoms with E-state index in [2.05, 4.69) is 20.3 Å². The number of likely N-dealkylation sites (tertiary alicyclic amines) is 1. The molecule has 0 saturated carbocycles. The lowest BCUT2D eigenvalue weighted by Gasteiger charge is -2.34. The minimum atomic E-state index is -0.0234. The molecule has 2 aromatic heterocycles. The average molecular weight is 345 g/mol. The van der Waals surface area contributed by atoms with Crippen molar-refractivity contribution in [3.8, 4) is 0 Å². The van der Waals surface area contributed by atoms with Gasteiger partial charge in [0.2, 0.25) is 5.91 Å². The van der Waals surface area contributed by atoms with Crippen molar-refractivity contribution >= 4 is 28.2 Å². The Kier molecular flexibility index (Phi) is 5.08. The second kappa shape index (κ2) is 7.25. The Hall–Kier alpha value is -2.02. The molecule has 128 valence electrons. The molecule has 1 amide bonds. The number of amides is 1. The van der Waals surface area contributed by atoms with Crippen molar-refractivity contribution < 1.29 is 4.79 Å². The van der Waals surface area contributed by atoms with E-state index in [4.69, 9.17) is 0 Å². The maximum Gasteiger partial charge on any atom is 0.222 e. The molecule has 2 aromatic rings. The van der Waals surface area contributed by atoms with Crippen LogP contribution in [0.1, 0.15) is 55.0 Å². The minimum absolute atomic E-state index is 0.0234. The topological polar surface area (TPSA) is 71.0 Å². The number of nitrogens with zero attached hydrogens (tertiary/aromatic N) is 4. The summed E-state index contributed by atoms with van der Waals surface area (Å²) in [5.74, 6) is 1.64. The van der Waals surface area contributed by atoms with Gasteiger partial charge >= 0.3 is 0 Å². The third-order valence-corrected chi connectivity index (χ3v) is 4.98. The van der Waals surface area contributed by atoms with E-state index in [9.17, 15) is 4.79 Å². The van der Waals surface area contributed by atoms with E-state index in [0.717, 1.165) is 53.2 Å². The maximum absolute atomic E-state index is 12.3. The Morgan fingerprint density at radius 2 is 2.21 bits per heavy atom. The smallest absolute Gasteiger partial charge is 0.222 e. The van der Waals surface area contributed by atoms with Gasteiger partial charge in [-0.25, -0.2) is 15.0 Å². The van der Waals surface area contributed by atoms with Gasteiger partial charge in [-0.3, -0.25) is 4.79 Å². The quantitative estimate of drug-likeness (QED) is 0.913. The third kappa shape index (κ3) is 3.72. The SMILES string of the molecule is CCC(=O)N1CCCC[C@H]1c1nc(C)cc(Nc2ncc(C)s2)n1. The summed E-state index contributed by atoms with van der Waals surface area (Å²) in [4.78, 5) is 29.0. The van der Waals surface area contributed by atoms with E-state index >= 15 is 0 Å². The first kappa shape index (κ1) is 16.8. The first-order valence-corrected chi connectivity index (χ1v) is 9.23. The van der Waals surface area contributed by atoms with E-state index in [1.807, 2.05) is 37.9 Å². The first-order valence-electron chi connectivity index (χ1n) is 8.41. The summed E-state index contributed by atoms with van der Waals surface area (Å²) in [6.45, 7) is 6.68. The number of aromatic nitrogens is 3. The number of thiazole rings is 1. The van der Waals surface area contributed by atoms with Crippen LogP contribution in [0.15, 0.2) is 12.3 Å². The molecule has 24 heavy (non-hydrogen) atoms. The van der Waals surface area contributed by atoms with Crippen LogP contribution >= 0.6 is 11.3 Å². The first-order chi connectivity index (χ1) is 11.6. The highest BCUT2D eigenvalue weighted by Gasteiger charge is 2.29. The summed E-state index contributed by atoms with van der Waals surface area (Å²) in [6.07, 6.45) is 5.43. The number of piperidine rings is 1. The molecular formula is C17H23N5OS. The molecular weight excluding hydrogens is 322 g/mol. The molecule has 1 saturated heterocycles. The fraction of sp³-hybridized carbons (Fsp3) is 0.529. The summed E-state index contributed by atoms with van der Waals surface area (Å²) in [5.41, 5.74) is 0.894. The largest absolute Gasteiger partial charge is 0.332 e. The number of carbonyl (C=O) groups excluding carboxylic acids is 1. The highest BCUT2D eigenvalue weighted by molar-refractivity contribution is 7.15. The Bertz CT molecular complexity index is 730. The Balaban J connectivity index is 1.87. The van der Waals surface area contributed by atoms with Crippen molar-refractivity contribution in [3.05, 3.63) is 28.7 Å². The molecule has 3 rings (SSSR count). The Morgan fingerprint density at radius 1 is 1.38 bits per heavy atom. The molecule has 0 aromatic carbocycles. The monoisotopic (exact) mass is 345 g/mol. The zero-order valence-electron chi connectivity index (χ0n) is 14.4. The third-order valence-electron chi connectivity index (χ3n) is 4.15. The van der Waals surface area contributed by atoms with Gasteiger partial charge in [0.25, 0.3) is 0 Å². The van der Waals surface area contributed by atoms with E-state index in [1.165, 1.54) is 0 Å². The number of aryl methyl sites for hydroxylation is 2. The number of nitrogens with one attached hydrogen (secondary N) is 1. The standard InChI is InChI=1S/C17H23N5OS/c1-4-15(23)22-8-6-5-7-13(22)16-19-11(2)9-14(20-16)21-17-18-10-12(3)24-17/h9-10,13H,4-8H2,1-3H3,(H,18,19,20,21)/t13-/m0/s1. The van der Waals surface area contributed by atoms with Gasteiger partial charge < -0.3 is 10.2 Å². The fourth-order valence-corrected chi connectivity index (χ4v) is 3.70. The van der Waals surface area contributed by atoms with Crippen molar-refractivity contribution in [2.45, 2.75) is 52.5 Å². The molecule has 3 heterocycles. The Labute approximate surface area is 146 Å². The van der Waals surface area contributed by atoms with E-state index < -0.39 is 0 Å².